The number of aromatic nitrogens is 2. The van der Waals surface area contributed by atoms with Crippen molar-refractivity contribution in [3.63, 3.8) is 0 Å². The van der Waals surface area contributed by atoms with Crippen LogP contribution in [-0.2, 0) is 6.18 Å². The first-order chi connectivity index (χ1) is 13.2. The van der Waals surface area contributed by atoms with E-state index in [1.807, 2.05) is 0 Å². The second kappa shape index (κ2) is 7.73. The molecule has 0 spiro atoms. The lowest BCUT2D eigenvalue weighted by Gasteiger charge is -2.05. The van der Waals surface area contributed by atoms with Crippen molar-refractivity contribution in [3.8, 4) is 0 Å². The van der Waals surface area contributed by atoms with Crippen LogP contribution in [0.3, 0.4) is 0 Å². The largest absolute Gasteiger partial charge is 0.416 e. The van der Waals surface area contributed by atoms with Gasteiger partial charge in [-0.05, 0) is 42.0 Å². The molecule has 1 aromatic heterocycles. The molecule has 0 bridgehead atoms. The number of hydrogen-bond acceptors (Lipinski definition) is 4. The van der Waals surface area contributed by atoms with E-state index in [0.717, 1.165) is 12.1 Å². The van der Waals surface area contributed by atoms with Gasteiger partial charge in [-0.2, -0.15) is 18.3 Å². The molecule has 4 N–H and O–H groups in total. The standard InChI is InChI=1S/C18H13ClF3N5O/c19-12-5-7-13(8-6-12)25-17-14(15(23)28)16(26-27-17)24-9-10-1-3-11(4-2-10)18(20,21)22/h1-9H,(H2,23,28)(H2,25,26,27)/b24-9+. The Morgan fingerprint density at radius 1 is 1.14 bits per heavy atom. The zero-order valence-corrected chi connectivity index (χ0v) is 14.8. The monoisotopic (exact) mass is 407 g/mol. The summed E-state index contributed by atoms with van der Waals surface area (Å²) in [5, 5.41) is 10.0. The lowest BCUT2D eigenvalue weighted by Crippen LogP contribution is -2.12. The van der Waals surface area contributed by atoms with Crippen LogP contribution < -0.4 is 11.1 Å². The van der Waals surface area contributed by atoms with E-state index in [1.165, 1.54) is 18.3 Å². The summed E-state index contributed by atoms with van der Waals surface area (Å²) >= 11 is 5.83. The predicted molar refractivity (Wildman–Crippen MR) is 101 cm³/mol. The number of benzene rings is 2. The second-order valence-electron chi connectivity index (χ2n) is 5.67. The molecule has 10 heteroatoms. The molecule has 0 saturated heterocycles. The molecule has 0 aliphatic heterocycles. The number of hydrogen-bond donors (Lipinski definition) is 3. The van der Waals surface area contributed by atoms with Crippen LogP contribution in [0.4, 0.5) is 30.5 Å². The summed E-state index contributed by atoms with van der Waals surface area (Å²) in [4.78, 5) is 15.9. The van der Waals surface area contributed by atoms with Crippen molar-refractivity contribution in [3.05, 3.63) is 70.2 Å². The van der Waals surface area contributed by atoms with Gasteiger partial charge < -0.3 is 11.1 Å². The van der Waals surface area contributed by atoms with Crippen LogP contribution in [-0.4, -0.2) is 22.3 Å². The van der Waals surface area contributed by atoms with Crippen molar-refractivity contribution >= 4 is 41.0 Å². The summed E-state index contributed by atoms with van der Waals surface area (Å²) in [5.74, 6) is -0.539. The van der Waals surface area contributed by atoms with E-state index in [2.05, 4.69) is 20.5 Å². The highest BCUT2D eigenvalue weighted by Gasteiger charge is 2.29. The fraction of sp³-hybridized carbons (Fsp3) is 0.0556. The molecule has 1 heterocycles. The number of H-pyrrole nitrogens is 1. The van der Waals surface area contributed by atoms with Gasteiger partial charge in [-0.1, -0.05) is 23.7 Å². The van der Waals surface area contributed by atoms with Gasteiger partial charge in [0.15, 0.2) is 11.6 Å². The molecular formula is C18H13ClF3N5O. The second-order valence-corrected chi connectivity index (χ2v) is 6.11. The Labute approximate surface area is 162 Å². The predicted octanol–water partition coefficient (Wildman–Crippen LogP) is 4.68. The molecule has 0 aliphatic rings. The third kappa shape index (κ3) is 4.49. The van der Waals surface area contributed by atoms with Crippen molar-refractivity contribution in [2.24, 2.45) is 10.7 Å². The molecule has 28 heavy (non-hydrogen) atoms. The van der Waals surface area contributed by atoms with E-state index in [9.17, 15) is 18.0 Å². The number of carbonyl (C=O) groups excluding carboxylic acids is 1. The number of alkyl halides is 3. The maximum Gasteiger partial charge on any atom is 0.416 e. The summed E-state index contributed by atoms with van der Waals surface area (Å²) < 4.78 is 37.8. The van der Waals surface area contributed by atoms with Crippen LogP contribution in [0, 0.1) is 0 Å². The van der Waals surface area contributed by atoms with E-state index in [-0.39, 0.29) is 17.2 Å². The minimum atomic E-state index is -4.42. The Bertz CT molecular complexity index is 1010. The van der Waals surface area contributed by atoms with Gasteiger partial charge in [0.25, 0.3) is 5.91 Å². The Morgan fingerprint density at radius 2 is 1.79 bits per heavy atom. The van der Waals surface area contributed by atoms with Gasteiger partial charge in [-0.25, -0.2) is 4.99 Å². The maximum atomic E-state index is 12.6. The summed E-state index contributed by atoms with van der Waals surface area (Å²) in [5.41, 5.74) is 5.69. The van der Waals surface area contributed by atoms with Crippen molar-refractivity contribution in [2.45, 2.75) is 6.18 Å². The first-order valence-electron chi connectivity index (χ1n) is 7.86. The summed E-state index contributed by atoms with van der Waals surface area (Å²) in [6.07, 6.45) is -3.12. The van der Waals surface area contributed by atoms with Crippen molar-refractivity contribution < 1.29 is 18.0 Å². The van der Waals surface area contributed by atoms with Gasteiger partial charge in [0.05, 0.1) is 5.56 Å². The molecule has 0 aliphatic carbocycles. The first kappa shape index (κ1) is 19.4. The minimum absolute atomic E-state index is 0.0121. The Balaban J connectivity index is 1.84. The van der Waals surface area contributed by atoms with Crippen molar-refractivity contribution in [2.75, 3.05) is 5.32 Å². The first-order valence-corrected chi connectivity index (χ1v) is 8.24. The van der Waals surface area contributed by atoms with Crippen LogP contribution in [0.25, 0.3) is 0 Å². The van der Waals surface area contributed by atoms with Gasteiger partial charge in [-0.15, -0.1) is 0 Å². The number of nitrogens with zero attached hydrogens (tertiary/aromatic N) is 2. The zero-order chi connectivity index (χ0) is 20.3. The summed E-state index contributed by atoms with van der Waals surface area (Å²) in [7, 11) is 0. The number of aromatic amines is 1. The van der Waals surface area contributed by atoms with Crippen molar-refractivity contribution in [1.29, 1.82) is 0 Å². The van der Waals surface area contributed by atoms with Crippen LogP contribution in [0.5, 0.6) is 0 Å². The van der Waals surface area contributed by atoms with Crippen LogP contribution in [0.15, 0.2) is 53.5 Å². The Kier molecular flexibility index (Phi) is 5.36. The third-order valence-corrected chi connectivity index (χ3v) is 3.93. The van der Waals surface area contributed by atoms with Gasteiger partial charge >= 0.3 is 6.18 Å². The molecule has 144 valence electrons. The molecule has 0 unspecified atom stereocenters. The molecule has 0 saturated carbocycles. The van der Waals surface area contributed by atoms with Gasteiger partial charge in [-0.3, -0.25) is 9.89 Å². The highest BCUT2D eigenvalue weighted by Crippen LogP contribution is 2.29. The van der Waals surface area contributed by atoms with Crippen molar-refractivity contribution in [1.82, 2.24) is 10.2 Å². The molecule has 0 atom stereocenters. The van der Waals surface area contributed by atoms with E-state index in [4.69, 9.17) is 17.3 Å². The summed E-state index contributed by atoms with van der Waals surface area (Å²) in [6.45, 7) is 0. The number of halogens is 4. The lowest BCUT2D eigenvalue weighted by molar-refractivity contribution is -0.137. The average Bonchev–Trinajstić information content (AvgIpc) is 3.04. The summed E-state index contributed by atoms with van der Waals surface area (Å²) in [6, 6.07) is 11.1. The topological polar surface area (TPSA) is 96.2 Å². The Morgan fingerprint density at radius 3 is 2.36 bits per heavy atom. The fourth-order valence-corrected chi connectivity index (χ4v) is 2.44. The number of carbonyl (C=O) groups is 1. The van der Waals surface area contributed by atoms with Crippen LogP contribution >= 0.6 is 11.6 Å². The minimum Gasteiger partial charge on any atom is -0.365 e. The van der Waals surface area contributed by atoms with E-state index in [0.29, 0.717) is 16.3 Å². The molecule has 6 nitrogen and oxygen atoms in total. The fourth-order valence-electron chi connectivity index (χ4n) is 2.32. The van der Waals surface area contributed by atoms with E-state index < -0.39 is 17.6 Å². The van der Waals surface area contributed by atoms with E-state index in [1.54, 1.807) is 24.3 Å². The normalized spacial score (nSPS) is 11.7. The quantitative estimate of drug-likeness (QED) is 0.536. The number of nitrogens with two attached hydrogens (primary N) is 1. The zero-order valence-electron chi connectivity index (χ0n) is 14.1. The molecule has 2 aromatic carbocycles. The Hall–Kier alpha value is -3.33. The van der Waals surface area contributed by atoms with E-state index >= 15 is 0 Å². The number of aliphatic imine (C=N–C) groups is 1. The number of amides is 1. The number of anilines is 2. The maximum absolute atomic E-state index is 12.6. The van der Waals surface area contributed by atoms with Gasteiger partial charge in [0, 0.05) is 16.9 Å². The van der Waals surface area contributed by atoms with Crippen LogP contribution in [0.2, 0.25) is 5.02 Å². The third-order valence-electron chi connectivity index (χ3n) is 3.68. The van der Waals surface area contributed by atoms with Crippen LogP contribution in [0.1, 0.15) is 21.5 Å². The lowest BCUT2D eigenvalue weighted by atomic mass is 10.1. The number of rotatable bonds is 5. The SMILES string of the molecule is NC(=O)c1c(Nc2ccc(Cl)cc2)n[nH]c1/N=C/c1ccc(C(F)(F)F)cc1. The van der Waals surface area contributed by atoms with Gasteiger partial charge in [0.2, 0.25) is 0 Å². The molecule has 3 rings (SSSR count). The molecular weight excluding hydrogens is 395 g/mol. The highest BCUT2D eigenvalue weighted by atomic mass is 35.5. The molecule has 1 amide bonds. The molecule has 0 radical (unpaired) electrons. The smallest absolute Gasteiger partial charge is 0.365 e. The molecule has 3 aromatic rings. The highest BCUT2D eigenvalue weighted by molar-refractivity contribution is 6.30. The molecule has 0 fully saturated rings. The number of primary amides is 1. The average molecular weight is 408 g/mol. The van der Waals surface area contributed by atoms with Gasteiger partial charge in [0.1, 0.15) is 5.56 Å². The number of nitrogens with one attached hydrogen (secondary N) is 2.